The number of carboxylic acids is 2. The number of carboxylic acid groups (broad SMARTS) is 2. The predicted molar refractivity (Wildman–Crippen MR) is 176 cm³/mol. The standard InChI is InChI=1S/C32H51N7O8/c1-5-6-14-24(39(4)30(45)22(33)13-10-15-36-32(34)35)29(44)37-23(18-26(41)42)28(43)38-27(19(2)3)25(40)17-21(31(46)47)16-20-11-8-7-9-12-20/h7-9,11-12,19,21-24,27H,5-6,10,13-18,33H2,1-4H3,(H,37,44)(H,38,43)(H,41,42)(H,46,47)(H4,34,35,36)/t21?,22-,23-,24-,27-/m0/s1. The minimum absolute atomic E-state index is 0.0881. The maximum Gasteiger partial charge on any atom is 0.307 e. The summed E-state index contributed by atoms with van der Waals surface area (Å²) in [4.78, 5) is 82.1. The highest BCUT2D eigenvalue weighted by molar-refractivity contribution is 5.97. The number of aliphatic imine (C=N–C) groups is 1. The smallest absolute Gasteiger partial charge is 0.307 e. The molecular formula is C32H51N7O8. The molecule has 0 aromatic heterocycles. The predicted octanol–water partition coefficient (Wildman–Crippen LogP) is 0.388. The number of unbranched alkanes of at least 4 members (excludes halogenated alkanes) is 1. The summed E-state index contributed by atoms with van der Waals surface area (Å²) in [6.07, 6.45) is 1.04. The average molecular weight is 662 g/mol. The summed E-state index contributed by atoms with van der Waals surface area (Å²) in [5, 5.41) is 24.3. The molecule has 0 spiro atoms. The number of hydrogen-bond acceptors (Lipinski definition) is 8. The number of benzene rings is 1. The van der Waals surface area contributed by atoms with E-state index in [2.05, 4.69) is 15.6 Å². The van der Waals surface area contributed by atoms with Crippen molar-refractivity contribution in [3.63, 3.8) is 0 Å². The Morgan fingerprint density at radius 3 is 2.09 bits per heavy atom. The van der Waals surface area contributed by atoms with E-state index in [0.717, 1.165) is 5.56 Å². The number of rotatable bonds is 22. The van der Waals surface area contributed by atoms with Crippen LogP contribution in [0.25, 0.3) is 0 Å². The second kappa shape index (κ2) is 20.6. The number of aliphatic carboxylic acids is 2. The normalized spacial score (nSPS) is 14.2. The van der Waals surface area contributed by atoms with Crippen LogP contribution in [-0.4, -0.2) is 94.3 Å². The van der Waals surface area contributed by atoms with Crippen LogP contribution in [0.2, 0.25) is 0 Å². The minimum Gasteiger partial charge on any atom is -0.481 e. The van der Waals surface area contributed by atoms with Gasteiger partial charge in [0.05, 0.1) is 24.4 Å². The highest BCUT2D eigenvalue weighted by atomic mass is 16.4. The number of amides is 3. The Morgan fingerprint density at radius 2 is 1.55 bits per heavy atom. The summed E-state index contributed by atoms with van der Waals surface area (Å²) in [5.41, 5.74) is 17.4. The monoisotopic (exact) mass is 661 g/mol. The zero-order valence-corrected chi connectivity index (χ0v) is 27.7. The van der Waals surface area contributed by atoms with Crippen molar-refractivity contribution in [2.45, 2.75) is 96.3 Å². The number of likely N-dealkylation sites (N-methyl/N-ethyl adjacent to an activating group) is 1. The van der Waals surface area contributed by atoms with Gasteiger partial charge in [-0.3, -0.25) is 33.8 Å². The topological polar surface area (TPSA) is 261 Å². The molecule has 1 unspecified atom stereocenters. The molecule has 1 aromatic rings. The summed E-state index contributed by atoms with van der Waals surface area (Å²) in [5.74, 6) is -6.93. The van der Waals surface area contributed by atoms with Crippen LogP contribution in [0.15, 0.2) is 35.3 Å². The molecule has 5 atom stereocenters. The van der Waals surface area contributed by atoms with Gasteiger partial charge in [0, 0.05) is 20.0 Å². The van der Waals surface area contributed by atoms with Crippen LogP contribution in [0.3, 0.4) is 0 Å². The van der Waals surface area contributed by atoms with Crippen LogP contribution in [0, 0.1) is 11.8 Å². The molecule has 0 aliphatic rings. The van der Waals surface area contributed by atoms with Crippen molar-refractivity contribution in [2.24, 2.45) is 34.0 Å². The zero-order chi connectivity index (χ0) is 35.7. The van der Waals surface area contributed by atoms with Crippen molar-refractivity contribution in [3.05, 3.63) is 35.9 Å². The Kier molecular flexibility index (Phi) is 17.7. The fourth-order valence-corrected chi connectivity index (χ4v) is 5.00. The van der Waals surface area contributed by atoms with Crippen LogP contribution >= 0.6 is 0 Å². The van der Waals surface area contributed by atoms with Gasteiger partial charge in [-0.15, -0.1) is 0 Å². The van der Waals surface area contributed by atoms with Crippen LogP contribution in [0.5, 0.6) is 0 Å². The number of carbonyl (C=O) groups is 6. The number of Topliss-reactive ketones (excluding diaryl/α,β-unsaturated/α-hetero) is 1. The Labute approximate surface area is 275 Å². The lowest BCUT2D eigenvalue weighted by Crippen LogP contribution is -2.58. The molecule has 0 saturated carbocycles. The molecule has 0 saturated heterocycles. The van der Waals surface area contributed by atoms with Gasteiger partial charge in [-0.25, -0.2) is 0 Å². The molecule has 0 aliphatic heterocycles. The first-order valence-corrected chi connectivity index (χ1v) is 15.8. The molecule has 0 aliphatic carbocycles. The highest BCUT2D eigenvalue weighted by Gasteiger charge is 2.35. The number of nitrogens with zero attached hydrogens (tertiary/aromatic N) is 2. The van der Waals surface area contributed by atoms with E-state index in [9.17, 15) is 39.0 Å². The average Bonchev–Trinajstić information content (AvgIpc) is 3.00. The molecule has 1 aromatic carbocycles. The molecule has 10 N–H and O–H groups in total. The van der Waals surface area contributed by atoms with Gasteiger partial charge >= 0.3 is 11.9 Å². The van der Waals surface area contributed by atoms with E-state index in [-0.39, 0.29) is 38.2 Å². The van der Waals surface area contributed by atoms with Gasteiger partial charge in [0.25, 0.3) is 0 Å². The SMILES string of the molecule is CCCC[C@@H](C(=O)N[C@@H](CC(=O)O)C(=O)N[C@H](C(=O)CC(Cc1ccccc1)C(=O)O)C(C)C)N(C)C(=O)[C@@H](N)CCCN=C(N)N. The number of carbonyl (C=O) groups excluding carboxylic acids is 4. The third-order valence-electron chi connectivity index (χ3n) is 7.68. The minimum atomic E-state index is -1.59. The van der Waals surface area contributed by atoms with Crippen LogP contribution in [0.1, 0.15) is 71.3 Å². The summed E-state index contributed by atoms with van der Waals surface area (Å²) in [6, 6.07) is 4.06. The van der Waals surface area contributed by atoms with Gasteiger partial charge in [0.15, 0.2) is 11.7 Å². The largest absolute Gasteiger partial charge is 0.481 e. The number of ketones is 1. The van der Waals surface area contributed by atoms with Crippen molar-refractivity contribution in [1.82, 2.24) is 15.5 Å². The lowest BCUT2D eigenvalue weighted by atomic mass is 9.89. The molecule has 3 amide bonds. The molecular weight excluding hydrogens is 610 g/mol. The Hall–Kier alpha value is -4.53. The van der Waals surface area contributed by atoms with E-state index in [1.165, 1.54) is 11.9 Å². The van der Waals surface area contributed by atoms with Gasteiger partial charge < -0.3 is 42.9 Å². The molecule has 0 heterocycles. The van der Waals surface area contributed by atoms with Gasteiger partial charge in [0.1, 0.15) is 12.1 Å². The number of nitrogens with two attached hydrogens (primary N) is 3. The van der Waals surface area contributed by atoms with Crippen LogP contribution in [0.4, 0.5) is 0 Å². The Balaban J connectivity index is 3.11. The lowest BCUT2D eigenvalue weighted by molar-refractivity contribution is -0.145. The van der Waals surface area contributed by atoms with E-state index >= 15 is 0 Å². The summed E-state index contributed by atoms with van der Waals surface area (Å²) >= 11 is 0. The third-order valence-corrected chi connectivity index (χ3v) is 7.68. The molecule has 0 radical (unpaired) electrons. The van der Waals surface area contributed by atoms with E-state index in [0.29, 0.717) is 19.3 Å². The summed E-state index contributed by atoms with van der Waals surface area (Å²) < 4.78 is 0. The fourth-order valence-electron chi connectivity index (χ4n) is 5.00. The second-order valence-corrected chi connectivity index (χ2v) is 11.9. The second-order valence-electron chi connectivity index (χ2n) is 11.9. The van der Waals surface area contributed by atoms with Crippen molar-refractivity contribution in [1.29, 1.82) is 0 Å². The first-order valence-electron chi connectivity index (χ1n) is 15.8. The lowest BCUT2D eigenvalue weighted by Gasteiger charge is -2.31. The highest BCUT2D eigenvalue weighted by Crippen LogP contribution is 2.17. The number of hydrogen-bond donors (Lipinski definition) is 7. The first kappa shape index (κ1) is 40.5. The molecule has 1 rings (SSSR count). The van der Waals surface area contributed by atoms with Crippen molar-refractivity contribution in [3.8, 4) is 0 Å². The van der Waals surface area contributed by atoms with E-state index in [1.807, 2.05) is 6.92 Å². The molecule has 15 heteroatoms. The van der Waals surface area contributed by atoms with E-state index in [1.54, 1.807) is 44.2 Å². The summed E-state index contributed by atoms with van der Waals surface area (Å²) in [6.45, 7) is 5.47. The van der Waals surface area contributed by atoms with Gasteiger partial charge in [0.2, 0.25) is 17.7 Å². The maximum absolute atomic E-state index is 13.5. The van der Waals surface area contributed by atoms with Crippen molar-refractivity contribution >= 4 is 41.4 Å². The first-order chi connectivity index (χ1) is 22.1. The number of guanidine groups is 1. The van der Waals surface area contributed by atoms with Gasteiger partial charge in [-0.05, 0) is 37.2 Å². The van der Waals surface area contributed by atoms with E-state index < -0.39 is 77.9 Å². The fraction of sp³-hybridized carbons (Fsp3) is 0.594. The van der Waals surface area contributed by atoms with Crippen molar-refractivity contribution in [2.75, 3.05) is 13.6 Å². The third kappa shape index (κ3) is 14.6. The Morgan fingerprint density at radius 1 is 0.915 bits per heavy atom. The molecule has 15 nitrogen and oxygen atoms in total. The molecule has 0 fully saturated rings. The van der Waals surface area contributed by atoms with Crippen molar-refractivity contribution < 1.29 is 39.0 Å². The maximum atomic E-state index is 13.5. The van der Waals surface area contributed by atoms with Gasteiger partial charge in [-0.2, -0.15) is 0 Å². The molecule has 0 bridgehead atoms. The molecule has 262 valence electrons. The zero-order valence-electron chi connectivity index (χ0n) is 27.7. The van der Waals surface area contributed by atoms with Crippen LogP contribution in [-0.2, 0) is 35.2 Å². The van der Waals surface area contributed by atoms with Crippen LogP contribution < -0.4 is 27.8 Å². The summed E-state index contributed by atoms with van der Waals surface area (Å²) in [7, 11) is 1.41. The van der Waals surface area contributed by atoms with E-state index in [4.69, 9.17) is 17.2 Å². The quantitative estimate of drug-likeness (QED) is 0.0508. The van der Waals surface area contributed by atoms with Gasteiger partial charge in [-0.1, -0.05) is 63.9 Å². The Bertz CT molecular complexity index is 1240. The molecule has 47 heavy (non-hydrogen) atoms. The number of nitrogens with one attached hydrogen (secondary N) is 2.